The summed E-state index contributed by atoms with van der Waals surface area (Å²) in [5.74, 6) is 1.11. The normalized spacial score (nSPS) is 21.6. The Balaban J connectivity index is 1.79. The van der Waals surface area contributed by atoms with E-state index in [4.69, 9.17) is 0 Å². The molecular weight excluding hydrogens is 258 g/mol. The monoisotopic (exact) mass is 287 g/mol. The van der Waals surface area contributed by atoms with Crippen LogP contribution in [0.2, 0.25) is 0 Å². The molecule has 1 saturated heterocycles. The zero-order chi connectivity index (χ0) is 14.7. The highest BCUT2D eigenvalue weighted by Gasteiger charge is 2.20. The van der Waals surface area contributed by atoms with E-state index in [-0.39, 0.29) is 0 Å². The second kappa shape index (κ2) is 6.83. The van der Waals surface area contributed by atoms with Gasteiger partial charge in [0, 0.05) is 6.54 Å². The predicted molar refractivity (Wildman–Crippen MR) is 87.8 cm³/mol. The van der Waals surface area contributed by atoms with Crippen molar-refractivity contribution in [3.63, 3.8) is 0 Å². The standard InChI is InChI=1S/C19H29NO/c1-15-12-19(21)18(16-8-4-2-5-9-16)13-17(15)14-20-10-6-3-7-11-20/h12-13,16,21H,2-11,14H2,1H3. The first-order valence-corrected chi connectivity index (χ1v) is 8.79. The molecule has 1 saturated carbocycles. The summed E-state index contributed by atoms with van der Waals surface area (Å²) in [5, 5.41) is 10.4. The highest BCUT2D eigenvalue weighted by atomic mass is 16.3. The third-order valence-electron chi connectivity index (χ3n) is 5.37. The molecule has 0 unspecified atom stereocenters. The Kier molecular flexibility index (Phi) is 4.84. The minimum Gasteiger partial charge on any atom is -0.508 e. The fourth-order valence-electron chi connectivity index (χ4n) is 4.03. The van der Waals surface area contributed by atoms with Crippen molar-refractivity contribution in [3.05, 3.63) is 28.8 Å². The fraction of sp³-hybridized carbons (Fsp3) is 0.684. The van der Waals surface area contributed by atoms with Crippen molar-refractivity contribution in [3.8, 4) is 5.75 Å². The molecule has 21 heavy (non-hydrogen) atoms. The van der Waals surface area contributed by atoms with Crippen LogP contribution in [0.1, 0.15) is 74.0 Å². The van der Waals surface area contributed by atoms with Gasteiger partial charge in [0.15, 0.2) is 0 Å². The maximum Gasteiger partial charge on any atom is 0.119 e. The van der Waals surface area contributed by atoms with Crippen LogP contribution < -0.4 is 0 Å². The Morgan fingerprint density at radius 2 is 1.67 bits per heavy atom. The van der Waals surface area contributed by atoms with Gasteiger partial charge in [-0.3, -0.25) is 4.90 Å². The van der Waals surface area contributed by atoms with Gasteiger partial charge in [0.05, 0.1) is 0 Å². The number of aryl methyl sites for hydroxylation is 1. The quantitative estimate of drug-likeness (QED) is 0.868. The number of aromatic hydroxyl groups is 1. The first kappa shape index (κ1) is 14.9. The molecule has 1 aromatic rings. The average Bonchev–Trinajstić information content (AvgIpc) is 2.52. The van der Waals surface area contributed by atoms with Crippen LogP contribution in [0, 0.1) is 6.92 Å². The minimum atomic E-state index is 0.529. The number of likely N-dealkylation sites (tertiary alicyclic amines) is 1. The molecular formula is C19H29NO. The van der Waals surface area contributed by atoms with E-state index in [1.165, 1.54) is 81.1 Å². The number of phenolic OH excluding ortho intramolecular Hbond substituents is 1. The van der Waals surface area contributed by atoms with E-state index in [9.17, 15) is 5.11 Å². The Hall–Kier alpha value is -1.02. The van der Waals surface area contributed by atoms with Crippen molar-refractivity contribution in [2.24, 2.45) is 0 Å². The third kappa shape index (κ3) is 3.60. The van der Waals surface area contributed by atoms with Gasteiger partial charge in [0.25, 0.3) is 0 Å². The molecule has 2 fully saturated rings. The van der Waals surface area contributed by atoms with E-state index in [0.29, 0.717) is 11.7 Å². The lowest BCUT2D eigenvalue weighted by Crippen LogP contribution is -2.29. The van der Waals surface area contributed by atoms with Crippen LogP contribution in [0.5, 0.6) is 5.75 Å². The molecule has 0 amide bonds. The Bertz CT molecular complexity index is 471. The first-order valence-electron chi connectivity index (χ1n) is 8.79. The van der Waals surface area contributed by atoms with Crippen molar-refractivity contribution in [1.82, 2.24) is 4.90 Å². The number of benzene rings is 1. The molecule has 1 heterocycles. The third-order valence-corrected chi connectivity index (χ3v) is 5.37. The van der Waals surface area contributed by atoms with Crippen LogP contribution in [0.15, 0.2) is 12.1 Å². The largest absolute Gasteiger partial charge is 0.508 e. The number of hydrogen-bond donors (Lipinski definition) is 1. The summed E-state index contributed by atoms with van der Waals surface area (Å²) in [6.07, 6.45) is 10.6. The molecule has 2 aliphatic rings. The topological polar surface area (TPSA) is 23.5 Å². The van der Waals surface area contributed by atoms with E-state index >= 15 is 0 Å². The maximum atomic E-state index is 10.4. The van der Waals surface area contributed by atoms with Crippen LogP contribution in [0.3, 0.4) is 0 Å². The van der Waals surface area contributed by atoms with E-state index in [1.54, 1.807) is 0 Å². The molecule has 1 aromatic carbocycles. The predicted octanol–water partition coefficient (Wildman–Crippen LogP) is 4.73. The number of nitrogens with zero attached hydrogens (tertiary/aromatic N) is 1. The van der Waals surface area contributed by atoms with Crippen LogP contribution >= 0.6 is 0 Å². The molecule has 0 aromatic heterocycles. The summed E-state index contributed by atoms with van der Waals surface area (Å²) >= 11 is 0. The SMILES string of the molecule is Cc1cc(O)c(C2CCCCC2)cc1CN1CCCCC1. The van der Waals surface area contributed by atoms with Crippen LogP contribution in [-0.2, 0) is 6.54 Å². The van der Waals surface area contributed by atoms with E-state index in [1.807, 2.05) is 6.07 Å². The van der Waals surface area contributed by atoms with Gasteiger partial charge < -0.3 is 5.11 Å². The van der Waals surface area contributed by atoms with Gasteiger partial charge in [-0.25, -0.2) is 0 Å². The fourth-order valence-corrected chi connectivity index (χ4v) is 4.03. The molecule has 1 N–H and O–H groups in total. The number of phenols is 1. The molecule has 0 atom stereocenters. The van der Waals surface area contributed by atoms with Crippen molar-refractivity contribution >= 4 is 0 Å². The molecule has 1 aliphatic heterocycles. The lowest BCUT2D eigenvalue weighted by Gasteiger charge is -2.28. The highest BCUT2D eigenvalue weighted by Crippen LogP contribution is 2.38. The molecule has 3 rings (SSSR count). The lowest BCUT2D eigenvalue weighted by molar-refractivity contribution is 0.220. The second-order valence-electron chi connectivity index (χ2n) is 7.01. The van der Waals surface area contributed by atoms with Crippen LogP contribution in [0.4, 0.5) is 0 Å². The van der Waals surface area contributed by atoms with Crippen LogP contribution in [-0.4, -0.2) is 23.1 Å². The van der Waals surface area contributed by atoms with Gasteiger partial charge in [-0.2, -0.15) is 0 Å². The smallest absolute Gasteiger partial charge is 0.119 e. The van der Waals surface area contributed by atoms with E-state index in [0.717, 1.165) is 6.54 Å². The number of piperidine rings is 1. The van der Waals surface area contributed by atoms with Crippen molar-refractivity contribution in [2.45, 2.75) is 70.8 Å². The van der Waals surface area contributed by atoms with Crippen LogP contribution in [0.25, 0.3) is 0 Å². The first-order chi connectivity index (χ1) is 10.2. The average molecular weight is 287 g/mol. The molecule has 1 aliphatic carbocycles. The van der Waals surface area contributed by atoms with E-state index in [2.05, 4.69) is 17.9 Å². The summed E-state index contributed by atoms with van der Waals surface area (Å²) < 4.78 is 0. The summed E-state index contributed by atoms with van der Waals surface area (Å²) in [5.41, 5.74) is 3.89. The lowest BCUT2D eigenvalue weighted by atomic mass is 9.82. The number of rotatable bonds is 3. The molecule has 2 nitrogen and oxygen atoms in total. The summed E-state index contributed by atoms with van der Waals surface area (Å²) in [7, 11) is 0. The maximum absolute atomic E-state index is 10.4. The van der Waals surface area contributed by atoms with E-state index < -0.39 is 0 Å². The molecule has 0 bridgehead atoms. The highest BCUT2D eigenvalue weighted by molar-refractivity contribution is 5.43. The van der Waals surface area contributed by atoms with Gasteiger partial charge in [-0.15, -0.1) is 0 Å². The minimum absolute atomic E-state index is 0.529. The van der Waals surface area contributed by atoms with Gasteiger partial charge >= 0.3 is 0 Å². The summed E-state index contributed by atoms with van der Waals surface area (Å²) in [6, 6.07) is 4.32. The van der Waals surface area contributed by atoms with Crippen molar-refractivity contribution in [1.29, 1.82) is 0 Å². The van der Waals surface area contributed by atoms with Gasteiger partial charge in [0.2, 0.25) is 0 Å². The molecule has 2 heteroatoms. The van der Waals surface area contributed by atoms with Crippen molar-refractivity contribution in [2.75, 3.05) is 13.1 Å². The van der Waals surface area contributed by atoms with Crippen molar-refractivity contribution < 1.29 is 5.11 Å². The van der Waals surface area contributed by atoms with Gasteiger partial charge in [-0.1, -0.05) is 31.7 Å². The second-order valence-corrected chi connectivity index (χ2v) is 7.01. The Labute approximate surface area is 129 Å². The Morgan fingerprint density at radius 3 is 2.38 bits per heavy atom. The molecule has 0 radical (unpaired) electrons. The number of hydrogen-bond acceptors (Lipinski definition) is 2. The molecule has 0 spiro atoms. The zero-order valence-corrected chi connectivity index (χ0v) is 13.4. The summed E-state index contributed by atoms with van der Waals surface area (Å²) in [4.78, 5) is 2.58. The zero-order valence-electron chi connectivity index (χ0n) is 13.4. The Morgan fingerprint density at radius 1 is 1.00 bits per heavy atom. The summed E-state index contributed by atoms with van der Waals surface area (Å²) in [6.45, 7) is 5.67. The molecule has 116 valence electrons. The van der Waals surface area contributed by atoms with Gasteiger partial charge in [-0.05, 0) is 74.4 Å². The van der Waals surface area contributed by atoms with Gasteiger partial charge in [0.1, 0.15) is 5.75 Å².